The molecule has 0 aliphatic heterocycles. The van der Waals surface area contributed by atoms with Crippen molar-refractivity contribution >= 4 is 37.6 Å². The van der Waals surface area contributed by atoms with Crippen molar-refractivity contribution in [1.29, 1.82) is 0 Å². The van der Waals surface area contributed by atoms with Gasteiger partial charge in [-0.05, 0) is 51.9 Å². The molecule has 0 bridgehead atoms. The fourth-order valence-corrected chi connectivity index (χ4v) is 5.69. The van der Waals surface area contributed by atoms with Crippen LogP contribution in [0.1, 0.15) is 32.8 Å². The van der Waals surface area contributed by atoms with Crippen LogP contribution in [-0.2, 0) is 5.21 Å². The van der Waals surface area contributed by atoms with Crippen LogP contribution in [0.25, 0.3) is 55.4 Å². The fourth-order valence-electron chi connectivity index (χ4n) is 5.69. The molecular formula is C35H27B2F2NO. The van der Waals surface area contributed by atoms with E-state index in [9.17, 15) is 0 Å². The molecule has 0 aliphatic carbocycles. The zero-order chi connectivity index (χ0) is 28.9. The standard InChI is InChI=1S/C35H27B2F2NO/c1-34(2,3)20-35(36,37)27-19-40-30(18-29(27)39)26-14-8-13-24-25-15-16-28(38)31(33(25)41-32(24)26)23-12-7-11-22(17-23)21-9-5-4-6-10-21/h4-19H,20H2,1-3H3. The predicted molar refractivity (Wildman–Crippen MR) is 165 cm³/mol. The monoisotopic (exact) mass is 537 g/mol. The minimum atomic E-state index is -1.38. The quantitative estimate of drug-likeness (QED) is 0.205. The summed E-state index contributed by atoms with van der Waals surface area (Å²) in [6, 6.07) is 27.8. The first-order chi connectivity index (χ1) is 19.5. The second-order valence-electron chi connectivity index (χ2n) is 11.9. The Morgan fingerprint density at radius 1 is 0.707 bits per heavy atom. The zero-order valence-electron chi connectivity index (χ0n) is 23.2. The first-order valence-corrected chi connectivity index (χ1v) is 13.6. The number of hydrogen-bond acceptors (Lipinski definition) is 2. The number of pyridine rings is 1. The molecule has 41 heavy (non-hydrogen) atoms. The summed E-state index contributed by atoms with van der Waals surface area (Å²) in [7, 11) is 12.7. The van der Waals surface area contributed by atoms with E-state index in [0.717, 1.165) is 21.9 Å². The summed E-state index contributed by atoms with van der Waals surface area (Å²) in [6.07, 6.45) is 1.77. The highest BCUT2D eigenvalue weighted by molar-refractivity contribution is 6.40. The third-order valence-corrected chi connectivity index (χ3v) is 7.33. The Morgan fingerprint density at radius 2 is 1.39 bits per heavy atom. The van der Waals surface area contributed by atoms with Gasteiger partial charge in [0.2, 0.25) is 0 Å². The van der Waals surface area contributed by atoms with Crippen LogP contribution in [0.2, 0.25) is 0 Å². The van der Waals surface area contributed by atoms with Gasteiger partial charge in [0.1, 0.15) is 22.8 Å². The molecule has 0 N–H and O–H groups in total. The maximum Gasteiger partial charge on any atom is 0.146 e. The SMILES string of the molecule is [B]C([B])(CC(C)(C)C)c1cnc(-c2cccc3c2oc2c(-c4cccc(-c5ccccc5)c4)c(F)ccc23)cc1F. The molecule has 0 atom stereocenters. The van der Waals surface area contributed by atoms with E-state index >= 15 is 8.78 Å². The summed E-state index contributed by atoms with van der Waals surface area (Å²) in [5, 5.41) is 0.164. The van der Waals surface area contributed by atoms with Crippen LogP contribution in [0.3, 0.4) is 0 Å². The van der Waals surface area contributed by atoms with Crippen molar-refractivity contribution in [3.05, 3.63) is 114 Å². The van der Waals surface area contributed by atoms with Crippen LogP contribution in [0, 0.1) is 17.0 Å². The van der Waals surface area contributed by atoms with Gasteiger partial charge in [0.05, 0.1) is 26.9 Å². The number of furan rings is 1. The molecule has 0 fully saturated rings. The van der Waals surface area contributed by atoms with E-state index in [4.69, 9.17) is 20.1 Å². The molecule has 2 nitrogen and oxygen atoms in total. The van der Waals surface area contributed by atoms with Gasteiger partial charge in [-0.2, -0.15) is 0 Å². The third kappa shape index (κ3) is 5.08. The predicted octanol–water partition coefficient (Wildman–Crippen LogP) is 9.19. The van der Waals surface area contributed by atoms with Crippen molar-refractivity contribution in [3.63, 3.8) is 0 Å². The summed E-state index contributed by atoms with van der Waals surface area (Å²) in [5.74, 6) is -0.931. The Bertz CT molecular complexity index is 1910. The highest BCUT2D eigenvalue weighted by Gasteiger charge is 2.29. The molecule has 0 amide bonds. The van der Waals surface area contributed by atoms with Gasteiger partial charge in [0, 0.05) is 28.6 Å². The normalized spacial score (nSPS) is 12.3. The molecule has 2 heterocycles. The van der Waals surface area contributed by atoms with E-state index in [1.807, 2.05) is 93.6 Å². The Labute approximate surface area is 241 Å². The number of nitrogens with zero attached hydrogens (tertiary/aromatic N) is 1. The molecule has 0 saturated carbocycles. The zero-order valence-corrected chi connectivity index (χ0v) is 23.2. The lowest BCUT2D eigenvalue weighted by Gasteiger charge is -2.34. The molecule has 198 valence electrons. The molecule has 0 saturated heterocycles. The maximum atomic E-state index is 15.5. The lowest BCUT2D eigenvalue weighted by molar-refractivity contribution is 0.353. The number of para-hydroxylation sites is 1. The maximum absolute atomic E-state index is 15.5. The van der Waals surface area contributed by atoms with Crippen molar-refractivity contribution in [1.82, 2.24) is 4.98 Å². The van der Waals surface area contributed by atoms with E-state index in [2.05, 4.69) is 4.98 Å². The Morgan fingerprint density at radius 3 is 2.12 bits per heavy atom. The van der Waals surface area contributed by atoms with E-state index in [-0.39, 0.29) is 11.0 Å². The smallest absolute Gasteiger partial charge is 0.146 e. The van der Waals surface area contributed by atoms with Gasteiger partial charge in [-0.15, -0.1) is 0 Å². The van der Waals surface area contributed by atoms with Crippen LogP contribution in [-0.4, -0.2) is 20.7 Å². The Balaban J connectivity index is 1.49. The molecular weight excluding hydrogens is 510 g/mol. The van der Waals surface area contributed by atoms with Crippen molar-refractivity contribution < 1.29 is 13.2 Å². The lowest BCUT2D eigenvalue weighted by Crippen LogP contribution is -2.33. The molecule has 0 spiro atoms. The highest BCUT2D eigenvalue weighted by atomic mass is 19.1. The summed E-state index contributed by atoms with van der Waals surface area (Å²) >= 11 is 0. The number of halogens is 2. The van der Waals surface area contributed by atoms with E-state index < -0.39 is 16.8 Å². The van der Waals surface area contributed by atoms with E-state index in [1.165, 1.54) is 18.3 Å². The first-order valence-electron chi connectivity index (χ1n) is 13.6. The number of benzene rings is 4. The van der Waals surface area contributed by atoms with Gasteiger partial charge in [-0.3, -0.25) is 4.98 Å². The number of hydrogen-bond donors (Lipinski definition) is 0. The second-order valence-corrected chi connectivity index (χ2v) is 11.9. The van der Waals surface area contributed by atoms with Crippen molar-refractivity contribution in [2.24, 2.45) is 5.41 Å². The molecule has 6 rings (SSSR count). The van der Waals surface area contributed by atoms with Gasteiger partial charge in [-0.1, -0.05) is 93.1 Å². The minimum Gasteiger partial charge on any atom is -0.455 e. The third-order valence-electron chi connectivity index (χ3n) is 7.33. The van der Waals surface area contributed by atoms with Crippen LogP contribution >= 0.6 is 0 Å². The average Bonchev–Trinajstić information content (AvgIpc) is 3.30. The summed E-state index contributed by atoms with van der Waals surface area (Å²) in [4.78, 5) is 4.54. The van der Waals surface area contributed by atoms with Gasteiger partial charge < -0.3 is 4.42 Å². The van der Waals surface area contributed by atoms with Gasteiger partial charge in [0.15, 0.2) is 0 Å². The van der Waals surface area contributed by atoms with Crippen molar-refractivity contribution in [2.45, 2.75) is 32.4 Å². The van der Waals surface area contributed by atoms with Crippen LogP contribution in [0.15, 0.2) is 102 Å². The highest BCUT2D eigenvalue weighted by Crippen LogP contribution is 2.42. The van der Waals surface area contributed by atoms with Gasteiger partial charge in [0.25, 0.3) is 0 Å². The van der Waals surface area contributed by atoms with Crippen molar-refractivity contribution in [2.75, 3.05) is 0 Å². The molecule has 2 aromatic heterocycles. The number of fused-ring (bicyclic) bond motifs is 3. The van der Waals surface area contributed by atoms with Crippen LogP contribution in [0.5, 0.6) is 0 Å². The topological polar surface area (TPSA) is 26.0 Å². The largest absolute Gasteiger partial charge is 0.455 e. The molecule has 0 unspecified atom stereocenters. The minimum absolute atomic E-state index is 0.149. The number of aromatic nitrogens is 1. The lowest BCUT2D eigenvalue weighted by atomic mass is 9.47. The van der Waals surface area contributed by atoms with E-state index in [1.54, 1.807) is 6.07 Å². The molecule has 6 aromatic rings. The number of rotatable bonds is 5. The Hall–Kier alpha value is -4.18. The van der Waals surface area contributed by atoms with Crippen LogP contribution < -0.4 is 0 Å². The van der Waals surface area contributed by atoms with Crippen molar-refractivity contribution in [3.8, 4) is 33.5 Å². The molecule has 0 aliphatic rings. The Kier molecular flexibility index (Phi) is 6.60. The van der Waals surface area contributed by atoms with Gasteiger partial charge >= 0.3 is 0 Å². The molecule has 6 heteroatoms. The fraction of sp³-hybridized carbons (Fsp3) is 0.171. The second kappa shape index (κ2) is 10.0. The van der Waals surface area contributed by atoms with E-state index in [0.29, 0.717) is 40.0 Å². The van der Waals surface area contributed by atoms with Crippen LogP contribution in [0.4, 0.5) is 8.78 Å². The molecule has 4 aromatic carbocycles. The average molecular weight is 537 g/mol. The summed E-state index contributed by atoms with van der Waals surface area (Å²) < 4.78 is 37.3. The van der Waals surface area contributed by atoms with Gasteiger partial charge in [-0.25, -0.2) is 8.78 Å². The summed E-state index contributed by atoms with van der Waals surface area (Å²) in [5.41, 5.74) is 4.89. The first kappa shape index (κ1) is 27.0. The molecule has 4 radical (unpaired) electrons. The summed E-state index contributed by atoms with van der Waals surface area (Å²) in [6.45, 7) is 6.00.